The lowest BCUT2D eigenvalue weighted by Gasteiger charge is -2.19. The van der Waals surface area contributed by atoms with E-state index in [9.17, 15) is 0 Å². The van der Waals surface area contributed by atoms with Gasteiger partial charge in [0.25, 0.3) is 0 Å². The Morgan fingerprint density at radius 3 is 2.32 bits per heavy atom. The molecule has 0 saturated carbocycles. The maximum Gasteiger partial charge on any atom is 0.0327 e. The van der Waals surface area contributed by atoms with Crippen LogP contribution in [0.1, 0.15) is 56.7 Å². The van der Waals surface area contributed by atoms with Crippen LogP contribution < -0.4 is 0 Å². The van der Waals surface area contributed by atoms with E-state index in [1.54, 1.807) is 0 Å². The zero-order chi connectivity index (χ0) is 13.8. The molecule has 0 aliphatic heterocycles. The summed E-state index contributed by atoms with van der Waals surface area (Å²) in [6.45, 7) is 5.83. The Balaban J connectivity index is 1.97. The number of rotatable bonds is 12. The highest BCUT2D eigenvalue weighted by Gasteiger charge is 2.03. The number of unbranched alkanes of at least 4 members (excludes halogenated alkanes) is 6. The predicted molar refractivity (Wildman–Crippen MR) is 91.4 cm³/mol. The van der Waals surface area contributed by atoms with Gasteiger partial charge in [0.15, 0.2) is 0 Å². The van der Waals surface area contributed by atoms with Gasteiger partial charge in [-0.25, -0.2) is 0 Å². The van der Waals surface area contributed by atoms with Gasteiger partial charge < -0.3 is 0 Å². The highest BCUT2D eigenvalue weighted by molar-refractivity contribution is 7.80. The molecule has 0 N–H and O–H groups in total. The van der Waals surface area contributed by atoms with Crippen LogP contribution in [0.2, 0.25) is 0 Å². The molecule has 1 aromatic rings. The van der Waals surface area contributed by atoms with Crippen LogP contribution in [0, 0.1) is 0 Å². The normalized spacial score (nSPS) is 11.3. The van der Waals surface area contributed by atoms with E-state index in [-0.39, 0.29) is 0 Å². The zero-order valence-corrected chi connectivity index (χ0v) is 14.0. The molecule has 0 aliphatic rings. The van der Waals surface area contributed by atoms with Gasteiger partial charge in [-0.2, -0.15) is 12.6 Å². The minimum atomic E-state index is 1.05. The summed E-state index contributed by atoms with van der Waals surface area (Å²) >= 11 is 6.12. The fourth-order valence-electron chi connectivity index (χ4n) is 2.30. The van der Waals surface area contributed by atoms with Gasteiger partial charge in [0, 0.05) is 11.4 Å². The summed E-state index contributed by atoms with van der Waals surface area (Å²) in [5.41, 5.74) is 0. The molecule has 19 heavy (non-hydrogen) atoms. The molecule has 1 rings (SSSR count). The molecule has 0 aliphatic carbocycles. The average molecular weight is 300 g/mol. The highest BCUT2D eigenvalue weighted by Crippen LogP contribution is 2.13. The van der Waals surface area contributed by atoms with Crippen LogP contribution in [-0.2, 0) is 6.54 Å². The van der Waals surface area contributed by atoms with Crippen LogP contribution in [0.15, 0.2) is 17.5 Å². The summed E-state index contributed by atoms with van der Waals surface area (Å²) in [5, 5.41) is 2.17. The van der Waals surface area contributed by atoms with Crippen molar-refractivity contribution in [2.24, 2.45) is 0 Å². The molecule has 110 valence electrons. The van der Waals surface area contributed by atoms with Crippen molar-refractivity contribution in [1.29, 1.82) is 0 Å². The monoisotopic (exact) mass is 299 g/mol. The number of nitrogens with zero attached hydrogens (tertiary/aromatic N) is 1. The number of hydrogen-bond donors (Lipinski definition) is 1. The van der Waals surface area contributed by atoms with Crippen molar-refractivity contribution in [3.05, 3.63) is 22.4 Å². The van der Waals surface area contributed by atoms with Crippen LogP contribution in [-0.4, -0.2) is 23.7 Å². The van der Waals surface area contributed by atoms with Gasteiger partial charge >= 0.3 is 0 Å². The lowest BCUT2D eigenvalue weighted by molar-refractivity contribution is 0.274. The summed E-state index contributed by atoms with van der Waals surface area (Å²) in [7, 11) is 0. The molecule has 0 aromatic carbocycles. The molecule has 1 aromatic heterocycles. The number of thiol groups is 1. The molecule has 0 saturated heterocycles. The SMILES string of the molecule is CCN(CCCCCCCCCS)Cc1cccs1. The van der Waals surface area contributed by atoms with Crippen LogP contribution in [0.25, 0.3) is 0 Å². The fraction of sp³-hybridized carbons (Fsp3) is 0.750. The molecule has 3 heteroatoms. The van der Waals surface area contributed by atoms with E-state index in [4.69, 9.17) is 0 Å². The molecule has 0 amide bonds. The van der Waals surface area contributed by atoms with Gasteiger partial charge in [-0.3, -0.25) is 4.90 Å². The Labute approximate surface area is 128 Å². The van der Waals surface area contributed by atoms with Gasteiger partial charge in [-0.05, 0) is 43.1 Å². The average Bonchev–Trinajstić information content (AvgIpc) is 2.93. The molecule has 0 radical (unpaired) electrons. The Kier molecular flexibility index (Phi) is 10.6. The fourth-order valence-corrected chi connectivity index (χ4v) is 3.27. The van der Waals surface area contributed by atoms with E-state index < -0.39 is 0 Å². The van der Waals surface area contributed by atoms with Crippen molar-refractivity contribution < 1.29 is 0 Å². The third-order valence-corrected chi connectivity index (χ3v) is 4.72. The summed E-state index contributed by atoms with van der Waals surface area (Å²) in [5.74, 6) is 1.05. The second kappa shape index (κ2) is 11.8. The summed E-state index contributed by atoms with van der Waals surface area (Å²) < 4.78 is 0. The number of thiophene rings is 1. The Hall–Kier alpha value is 0.01000. The molecule has 1 heterocycles. The first kappa shape index (κ1) is 17.1. The van der Waals surface area contributed by atoms with Crippen molar-refractivity contribution in [2.45, 2.75) is 58.4 Å². The molecule has 0 atom stereocenters. The largest absolute Gasteiger partial charge is 0.299 e. The van der Waals surface area contributed by atoms with Crippen LogP contribution in [0.5, 0.6) is 0 Å². The van der Waals surface area contributed by atoms with E-state index in [2.05, 4.69) is 42.0 Å². The third kappa shape index (κ3) is 8.72. The molecule has 0 fully saturated rings. The summed E-state index contributed by atoms with van der Waals surface area (Å²) in [4.78, 5) is 4.06. The Morgan fingerprint density at radius 2 is 1.74 bits per heavy atom. The van der Waals surface area contributed by atoms with Crippen molar-refractivity contribution >= 4 is 24.0 Å². The lowest BCUT2D eigenvalue weighted by Crippen LogP contribution is -2.23. The quantitative estimate of drug-likeness (QED) is 0.408. The minimum absolute atomic E-state index is 1.05. The second-order valence-corrected chi connectivity index (χ2v) is 6.63. The van der Waals surface area contributed by atoms with Gasteiger partial charge in [0.2, 0.25) is 0 Å². The van der Waals surface area contributed by atoms with Gasteiger partial charge in [-0.1, -0.05) is 45.1 Å². The van der Waals surface area contributed by atoms with Gasteiger partial charge in [0.1, 0.15) is 0 Å². The number of hydrogen-bond acceptors (Lipinski definition) is 3. The summed E-state index contributed by atoms with van der Waals surface area (Å²) in [6, 6.07) is 4.40. The van der Waals surface area contributed by atoms with E-state index >= 15 is 0 Å². The van der Waals surface area contributed by atoms with Gasteiger partial charge in [-0.15, -0.1) is 11.3 Å². The molecular weight excluding hydrogens is 270 g/mol. The first-order valence-corrected chi connectivity index (χ1v) is 9.23. The minimum Gasteiger partial charge on any atom is -0.299 e. The molecule has 0 unspecified atom stereocenters. The topological polar surface area (TPSA) is 3.24 Å². The maximum atomic E-state index is 4.24. The molecule has 0 spiro atoms. The molecule has 0 bridgehead atoms. The van der Waals surface area contributed by atoms with E-state index in [0.29, 0.717) is 0 Å². The van der Waals surface area contributed by atoms with Crippen molar-refractivity contribution in [3.63, 3.8) is 0 Å². The highest BCUT2D eigenvalue weighted by atomic mass is 32.1. The van der Waals surface area contributed by atoms with Crippen LogP contribution in [0.3, 0.4) is 0 Å². The van der Waals surface area contributed by atoms with Gasteiger partial charge in [0.05, 0.1) is 0 Å². The maximum absolute atomic E-state index is 4.24. The Morgan fingerprint density at radius 1 is 1.05 bits per heavy atom. The Bertz CT molecular complexity index is 285. The zero-order valence-electron chi connectivity index (χ0n) is 12.3. The van der Waals surface area contributed by atoms with Crippen molar-refractivity contribution in [1.82, 2.24) is 4.90 Å². The van der Waals surface area contributed by atoms with E-state index in [0.717, 1.165) is 12.3 Å². The van der Waals surface area contributed by atoms with E-state index in [1.807, 2.05) is 11.3 Å². The first-order chi connectivity index (χ1) is 9.36. The van der Waals surface area contributed by atoms with Crippen molar-refractivity contribution in [2.75, 3.05) is 18.8 Å². The van der Waals surface area contributed by atoms with Crippen molar-refractivity contribution in [3.8, 4) is 0 Å². The predicted octanol–water partition coefficient (Wildman–Crippen LogP) is 5.23. The standard InChI is InChI=1S/C16H29NS2/c1-2-17(15-16-11-10-14-19-16)12-8-6-4-3-5-7-9-13-18/h10-11,14,18H,2-9,12-13,15H2,1H3. The third-order valence-electron chi connectivity index (χ3n) is 3.54. The smallest absolute Gasteiger partial charge is 0.0327 e. The lowest BCUT2D eigenvalue weighted by atomic mass is 10.1. The van der Waals surface area contributed by atoms with Crippen LogP contribution in [0.4, 0.5) is 0 Å². The first-order valence-electron chi connectivity index (χ1n) is 7.72. The van der Waals surface area contributed by atoms with Crippen LogP contribution >= 0.6 is 24.0 Å². The molecule has 1 nitrogen and oxygen atoms in total. The second-order valence-electron chi connectivity index (χ2n) is 5.15. The van der Waals surface area contributed by atoms with E-state index in [1.165, 1.54) is 62.9 Å². The molecular formula is C16H29NS2. The summed E-state index contributed by atoms with van der Waals surface area (Å²) in [6.07, 6.45) is 9.60.